The number of piperidine rings is 2. The van der Waals surface area contributed by atoms with Gasteiger partial charge in [-0.2, -0.15) is 0 Å². The van der Waals surface area contributed by atoms with Crippen LogP contribution in [0.4, 0.5) is 0 Å². The highest BCUT2D eigenvalue weighted by molar-refractivity contribution is 5.80. The molecule has 0 aromatic carbocycles. The molecule has 120 valence electrons. The first kappa shape index (κ1) is 16.3. The van der Waals surface area contributed by atoms with E-state index in [1.165, 1.54) is 0 Å². The van der Waals surface area contributed by atoms with Crippen molar-refractivity contribution in [2.75, 3.05) is 26.2 Å². The van der Waals surface area contributed by atoms with E-state index in [1.807, 2.05) is 23.6 Å². The van der Waals surface area contributed by atoms with Gasteiger partial charge in [-0.1, -0.05) is 20.8 Å². The molecular weight excluding hydrogens is 268 g/mol. The number of amides is 1. The van der Waals surface area contributed by atoms with Gasteiger partial charge in [-0.3, -0.25) is 14.5 Å². The lowest BCUT2D eigenvalue weighted by Gasteiger charge is -2.44. The summed E-state index contributed by atoms with van der Waals surface area (Å²) in [6.45, 7) is 8.78. The van der Waals surface area contributed by atoms with Crippen molar-refractivity contribution in [2.24, 2.45) is 11.3 Å². The maximum atomic E-state index is 12.4. The summed E-state index contributed by atoms with van der Waals surface area (Å²) in [5, 5.41) is 9.54. The number of rotatable bonds is 3. The summed E-state index contributed by atoms with van der Waals surface area (Å²) in [5.41, 5.74) is -0.277. The van der Waals surface area contributed by atoms with Gasteiger partial charge in [0.2, 0.25) is 5.91 Å². The Hall–Kier alpha value is -1.10. The molecule has 1 unspecified atom stereocenters. The first-order valence-corrected chi connectivity index (χ1v) is 8.06. The fraction of sp³-hybridized carbons (Fsp3) is 0.875. The van der Waals surface area contributed by atoms with E-state index in [9.17, 15) is 14.7 Å². The van der Waals surface area contributed by atoms with E-state index in [0.717, 1.165) is 38.8 Å². The second kappa shape index (κ2) is 6.34. The van der Waals surface area contributed by atoms with E-state index in [4.69, 9.17) is 0 Å². The number of carbonyl (C=O) groups is 2. The van der Waals surface area contributed by atoms with Crippen molar-refractivity contribution in [3.05, 3.63) is 0 Å². The Morgan fingerprint density at radius 2 is 1.81 bits per heavy atom. The molecule has 1 amide bonds. The van der Waals surface area contributed by atoms with Crippen molar-refractivity contribution in [2.45, 2.75) is 52.5 Å². The van der Waals surface area contributed by atoms with Crippen LogP contribution in [0.3, 0.4) is 0 Å². The van der Waals surface area contributed by atoms with Crippen molar-refractivity contribution in [1.82, 2.24) is 9.80 Å². The lowest BCUT2D eigenvalue weighted by molar-refractivity contribution is -0.152. The predicted octanol–water partition coefficient (Wildman–Crippen LogP) is 1.82. The second-order valence-corrected chi connectivity index (χ2v) is 7.37. The molecule has 0 aromatic rings. The van der Waals surface area contributed by atoms with Gasteiger partial charge in [-0.15, -0.1) is 0 Å². The third kappa shape index (κ3) is 3.76. The summed E-state index contributed by atoms with van der Waals surface area (Å²) in [6.07, 6.45) is 3.97. The normalized spacial score (nSPS) is 27.6. The second-order valence-electron chi connectivity index (χ2n) is 7.37. The highest BCUT2D eigenvalue weighted by Crippen LogP contribution is 2.35. The van der Waals surface area contributed by atoms with E-state index >= 15 is 0 Å². The Labute approximate surface area is 127 Å². The van der Waals surface area contributed by atoms with Gasteiger partial charge >= 0.3 is 5.97 Å². The van der Waals surface area contributed by atoms with Crippen LogP contribution in [-0.4, -0.2) is 59.0 Å². The fourth-order valence-electron chi connectivity index (χ4n) is 3.69. The molecule has 1 atom stereocenters. The Bertz CT molecular complexity index is 400. The number of nitrogens with zero attached hydrogens (tertiary/aromatic N) is 2. The highest BCUT2D eigenvalue weighted by Gasteiger charge is 2.43. The molecule has 2 rings (SSSR count). The number of carboxylic acids is 1. The fourth-order valence-corrected chi connectivity index (χ4v) is 3.69. The average Bonchev–Trinajstić information content (AvgIpc) is 2.37. The quantitative estimate of drug-likeness (QED) is 0.863. The number of hydrogen-bond donors (Lipinski definition) is 1. The van der Waals surface area contributed by atoms with Crippen LogP contribution in [0.15, 0.2) is 0 Å². The lowest BCUT2D eigenvalue weighted by Crippen LogP contribution is -2.57. The van der Waals surface area contributed by atoms with Crippen LogP contribution < -0.4 is 0 Å². The molecule has 0 aliphatic carbocycles. The van der Waals surface area contributed by atoms with E-state index in [2.05, 4.69) is 6.92 Å². The molecule has 1 N–H and O–H groups in total. The summed E-state index contributed by atoms with van der Waals surface area (Å²) >= 11 is 0. The number of carbonyl (C=O) groups excluding carboxylic acids is 1. The predicted molar refractivity (Wildman–Crippen MR) is 81.0 cm³/mol. The van der Waals surface area contributed by atoms with Crippen molar-refractivity contribution >= 4 is 11.9 Å². The Kier molecular flexibility index (Phi) is 4.91. The lowest BCUT2D eigenvalue weighted by atomic mass is 9.76. The first-order chi connectivity index (χ1) is 9.81. The molecule has 0 spiro atoms. The molecule has 0 saturated carbocycles. The zero-order valence-electron chi connectivity index (χ0n) is 13.5. The first-order valence-electron chi connectivity index (χ1n) is 8.06. The maximum Gasteiger partial charge on any atom is 0.321 e. The van der Waals surface area contributed by atoms with Gasteiger partial charge in [0, 0.05) is 13.1 Å². The third-order valence-corrected chi connectivity index (χ3v) is 5.08. The van der Waals surface area contributed by atoms with Crippen LogP contribution in [0.5, 0.6) is 0 Å². The smallest absolute Gasteiger partial charge is 0.321 e. The van der Waals surface area contributed by atoms with E-state index in [1.54, 1.807) is 0 Å². The number of likely N-dealkylation sites (tertiary alicyclic amines) is 2. The molecule has 21 heavy (non-hydrogen) atoms. The zero-order valence-corrected chi connectivity index (χ0v) is 13.5. The zero-order chi connectivity index (χ0) is 15.6. The standard InChI is InChI=1S/C16H28N2O3/c1-12-5-9-17(10-6-12)13(19)11-18-8-4-7-16(2,3)14(18)15(20)21/h12,14H,4-11H2,1-3H3,(H,20,21). The Morgan fingerprint density at radius 3 is 2.38 bits per heavy atom. The van der Waals surface area contributed by atoms with E-state index < -0.39 is 12.0 Å². The van der Waals surface area contributed by atoms with Gasteiger partial charge in [0.1, 0.15) is 6.04 Å². The Morgan fingerprint density at radius 1 is 1.19 bits per heavy atom. The monoisotopic (exact) mass is 296 g/mol. The van der Waals surface area contributed by atoms with Gasteiger partial charge in [0.15, 0.2) is 0 Å². The van der Waals surface area contributed by atoms with Crippen molar-refractivity contribution in [3.63, 3.8) is 0 Å². The summed E-state index contributed by atoms with van der Waals surface area (Å²) in [6, 6.07) is -0.557. The molecule has 0 aromatic heterocycles. The number of hydrogen-bond acceptors (Lipinski definition) is 3. The van der Waals surface area contributed by atoms with E-state index in [-0.39, 0.29) is 17.9 Å². The van der Waals surface area contributed by atoms with Gasteiger partial charge in [0.05, 0.1) is 6.54 Å². The van der Waals surface area contributed by atoms with Crippen LogP contribution in [0.1, 0.15) is 46.5 Å². The Balaban J connectivity index is 1.99. The van der Waals surface area contributed by atoms with Crippen molar-refractivity contribution in [1.29, 1.82) is 0 Å². The molecule has 2 fully saturated rings. The van der Waals surface area contributed by atoms with E-state index in [0.29, 0.717) is 12.5 Å². The van der Waals surface area contributed by atoms with Gasteiger partial charge in [0.25, 0.3) is 0 Å². The summed E-state index contributed by atoms with van der Waals surface area (Å²) in [5.74, 6) is -0.0274. The van der Waals surface area contributed by atoms with Crippen LogP contribution in [-0.2, 0) is 9.59 Å². The minimum absolute atomic E-state index is 0.0888. The SMILES string of the molecule is CC1CCN(C(=O)CN2CCCC(C)(C)C2C(=O)O)CC1. The molecule has 5 heteroatoms. The molecule has 2 saturated heterocycles. The highest BCUT2D eigenvalue weighted by atomic mass is 16.4. The molecular formula is C16H28N2O3. The van der Waals surface area contributed by atoms with Crippen LogP contribution in [0.25, 0.3) is 0 Å². The molecule has 2 aliphatic heterocycles. The number of carboxylic acid groups (broad SMARTS) is 1. The topological polar surface area (TPSA) is 60.9 Å². The van der Waals surface area contributed by atoms with Gasteiger partial charge < -0.3 is 10.0 Å². The van der Waals surface area contributed by atoms with Crippen molar-refractivity contribution in [3.8, 4) is 0 Å². The molecule has 2 aliphatic rings. The number of aliphatic carboxylic acids is 1. The third-order valence-electron chi connectivity index (χ3n) is 5.08. The minimum atomic E-state index is -0.806. The maximum absolute atomic E-state index is 12.4. The molecule has 0 bridgehead atoms. The minimum Gasteiger partial charge on any atom is -0.480 e. The van der Waals surface area contributed by atoms with Crippen LogP contribution in [0.2, 0.25) is 0 Å². The van der Waals surface area contributed by atoms with Gasteiger partial charge in [-0.05, 0) is 43.6 Å². The molecule has 0 radical (unpaired) electrons. The van der Waals surface area contributed by atoms with Gasteiger partial charge in [-0.25, -0.2) is 0 Å². The van der Waals surface area contributed by atoms with Crippen molar-refractivity contribution < 1.29 is 14.7 Å². The van der Waals surface area contributed by atoms with Crippen LogP contribution >= 0.6 is 0 Å². The summed E-state index contributed by atoms with van der Waals surface area (Å²) in [7, 11) is 0. The summed E-state index contributed by atoms with van der Waals surface area (Å²) < 4.78 is 0. The molecule has 2 heterocycles. The molecule has 5 nitrogen and oxygen atoms in total. The van der Waals surface area contributed by atoms with Crippen LogP contribution in [0, 0.1) is 11.3 Å². The average molecular weight is 296 g/mol. The summed E-state index contributed by atoms with van der Waals surface area (Å²) in [4.78, 5) is 27.8. The largest absolute Gasteiger partial charge is 0.480 e.